The lowest BCUT2D eigenvalue weighted by atomic mass is 10.1. The lowest BCUT2D eigenvalue weighted by Gasteiger charge is -2.24. The molecular weight excluding hydrogens is 434 g/mol. The number of hydrogen-bond donors (Lipinski definition) is 0. The van der Waals surface area contributed by atoms with Gasteiger partial charge in [0, 0.05) is 18.5 Å². The number of rotatable bonds is 7. The van der Waals surface area contributed by atoms with E-state index in [2.05, 4.69) is 23.7 Å². The summed E-state index contributed by atoms with van der Waals surface area (Å²) < 4.78 is 6.40. The first-order valence-corrected chi connectivity index (χ1v) is 10.8. The van der Waals surface area contributed by atoms with Crippen molar-refractivity contribution in [3.8, 4) is 0 Å². The van der Waals surface area contributed by atoms with Gasteiger partial charge in [0.15, 0.2) is 5.13 Å². The summed E-state index contributed by atoms with van der Waals surface area (Å²) in [5.41, 5.74) is 0.692. The quantitative estimate of drug-likeness (QED) is 0.372. The summed E-state index contributed by atoms with van der Waals surface area (Å²) in [6.07, 6.45) is 0. The molecule has 0 aliphatic carbocycles. The zero-order valence-corrected chi connectivity index (χ0v) is 19.0. The molecule has 0 unspecified atom stereocenters. The number of fused-ring (bicyclic) bond motifs is 2. The molecule has 4 aromatic rings. The van der Waals surface area contributed by atoms with Crippen LogP contribution in [0.2, 0.25) is 0 Å². The Morgan fingerprint density at radius 2 is 1.74 bits per heavy atom. The van der Waals surface area contributed by atoms with E-state index in [1.54, 1.807) is 23.1 Å². The van der Waals surface area contributed by atoms with Crippen LogP contribution in [0.4, 0.5) is 5.13 Å². The molecule has 0 bridgehead atoms. The SMILES string of the molecule is CCN(CC)CCN(C(=O)c1cc2ccccc2oc1=O)c1nc2ccccc2s1.Cl. The molecule has 31 heavy (non-hydrogen) atoms. The maximum atomic E-state index is 13.5. The summed E-state index contributed by atoms with van der Waals surface area (Å²) in [5.74, 6) is -0.388. The Bertz CT molecular complexity index is 1220. The van der Waals surface area contributed by atoms with Crippen LogP contribution in [0.15, 0.2) is 63.8 Å². The number of amides is 1. The van der Waals surface area contributed by atoms with Crippen LogP contribution < -0.4 is 10.5 Å². The highest BCUT2D eigenvalue weighted by atomic mass is 35.5. The van der Waals surface area contributed by atoms with Gasteiger partial charge in [-0.05, 0) is 37.4 Å². The molecule has 0 N–H and O–H groups in total. The number of likely N-dealkylation sites (N-methyl/N-ethyl adjacent to an activating group) is 1. The van der Waals surface area contributed by atoms with Crippen LogP contribution in [0.5, 0.6) is 0 Å². The van der Waals surface area contributed by atoms with Gasteiger partial charge in [-0.15, -0.1) is 12.4 Å². The summed E-state index contributed by atoms with van der Waals surface area (Å²) in [5, 5.41) is 1.30. The fourth-order valence-electron chi connectivity index (χ4n) is 3.40. The van der Waals surface area contributed by atoms with Crippen molar-refractivity contribution >= 4 is 56.0 Å². The molecule has 0 fully saturated rings. The number of carbonyl (C=O) groups excluding carboxylic acids is 1. The maximum absolute atomic E-state index is 13.5. The standard InChI is InChI=1S/C23H23N3O3S.ClH/c1-3-25(4-2)13-14-26(23-24-18-10-6-8-12-20(18)30-23)21(27)17-15-16-9-5-7-11-19(16)29-22(17)28;/h5-12,15H,3-4,13-14H2,1-2H3;1H. The molecule has 8 heteroatoms. The van der Waals surface area contributed by atoms with Crippen molar-refractivity contribution < 1.29 is 9.21 Å². The van der Waals surface area contributed by atoms with Crippen LogP contribution in [0, 0.1) is 0 Å². The van der Waals surface area contributed by atoms with Crippen LogP contribution >= 0.6 is 23.7 Å². The summed E-state index contributed by atoms with van der Waals surface area (Å²) in [6.45, 7) is 7.07. The molecule has 0 aliphatic heterocycles. The van der Waals surface area contributed by atoms with E-state index in [9.17, 15) is 9.59 Å². The Hall–Kier alpha value is -2.74. The van der Waals surface area contributed by atoms with E-state index in [1.807, 2.05) is 36.4 Å². The largest absolute Gasteiger partial charge is 0.422 e. The van der Waals surface area contributed by atoms with Gasteiger partial charge in [0.1, 0.15) is 11.1 Å². The van der Waals surface area contributed by atoms with Crippen molar-refractivity contribution in [3.63, 3.8) is 0 Å². The second-order valence-electron chi connectivity index (χ2n) is 6.93. The summed E-state index contributed by atoms with van der Waals surface area (Å²) in [4.78, 5) is 34.6. The highest BCUT2D eigenvalue weighted by Gasteiger charge is 2.25. The molecule has 0 atom stereocenters. The minimum absolute atomic E-state index is 0. The summed E-state index contributed by atoms with van der Waals surface area (Å²) in [7, 11) is 0. The number of halogens is 1. The van der Waals surface area contributed by atoms with Crippen molar-refractivity contribution in [3.05, 3.63) is 70.6 Å². The minimum atomic E-state index is -0.632. The first kappa shape index (κ1) is 22.9. The first-order chi connectivity index (χ1) is 14.6. The fraction of sp³-hybridized carbons (Fsp3) is 0.261. The van der Waals surface area contributed by atoms with Crippen LogP contribution in [0.25, 0.3) is 21.2 Å². The monoisotopic (exact) mass is 457 g/mol. The zero-order valence-electron chi connectivity index (χ0n) is 17.4. The number of nitrogens with zero attached hydrogens (tertiary/aromatic N) is 3. The third-order valence-electron chi connectivity index (χ3n) is 5.16. The Labute approximate surface area is 190 Å². The first-order valence-electron chi connectivity index (χ1n) is 10.0. The lowest BCUT2D eigenvalue weighted by molar-refractivity contribution is 0.0980. The van der Waals surface area contributed by atoms with Gasteiger partial charge in [-0.25, -0.2) is 9.78 Å². The van der Waals surface area contributed by atoms with Crippen LogP contribution in [-0.2, 0) is 0 Å². The number of thiazole rings is 1. The Balaban J connectivity index is 0.00000272. The molecule has 2 aromatic heterocycles. The average Bonchev–Trinajstić information content (AvgIpc) is 3.19. The number of hydrogen-bond acceptors (Lipinski definition) is 6. The highest BCUT2D eigenvalue weighted by molar-refractivity contribution is 7.22. The van der Waals surface area contributed by atoms with Crippen molar-refractivity contribution in [1.29, 1.82) is 0 Å². The molecule has 2 heterocycles. The van der Waals surface area contributed by atoms with Crippen LogP contribution in [-0.4, -0.2) is 42.0 Å². The van der Waals surface area contributed by atoms with Crippen molar-refractivity contribution in [2.24, 2.45) is 0 Å². The van der Waals surface area contributed by atoms with E-state index >= 15 is 0 Å². The highest BCUT2D eigenvalue weighted by Crippen LogP contribution is 2.29. The van der Waals surface area contributed by atoms with Gasteiger partial charge in [0.25, 0.3) is 5.91 Å². The predicted octanol–water partition coefficient (Wildman–Crippen LogP) is 4.81. The van der Waals surface area contributed by atoms with Crippen molar-refractivity contribution in [2.45, 2.75) is 13.8 Å². The Kier molecular flexibility index (Phi) is 7.43. The molecule has 2 aromatic carbocycles. The second-order valence-corrected chi connectivity index (χ2v) is 7.94. The predicted molar refractivity (Wildman–Crippen MR) is 129 cm³/mol. The van der Waals surface area contributed by atoms with Crippen molar-refractivity contribution in [1.82, 2.24) is 9.88 Å². The van der Waals surface area contributed by atoms with Gasteiger partial charge in [0.2, 0.25) is 0 Å². The smallest absolute Gasteiger partial charge is 0.349 e. The van der Waals surface area contributed by atoms with Crippen LogP contribution in [0.1, 0.15) is 24.2 Å². The van der Waals surface area contributed by atoms with Crippen molar-refractivity contribution in [2.75, 3.05) is 31.1 Å². The van der Waals surface area contributed by atoms with Gasteiger partial charge in [-0.2, -0.15) is 0 Å². The number of benzene rings is 2. The topological polar surface area (TPSA) is 66.7 Å². The fourth-order valence-corrected chi connectivity index (χ4v) is 4.39. The van der Waals surface area contributed by atoms with Gasteiger partial charge < -0.3 is 9.32 Å². The van der Waals surface area contributed by atoms with E-state index < -0.39 is 5.63 Å². The zero-order chi connectivity index (χ0) is 21.1. The van der Waals surface area contributed by atoms with Gasteiger partial charge in [0.05, 0.1) is 10.2 Å². The van der Waals surface area contributed by atoms with E-state index in [4.69, 9.17) is 4.42 Å². The number of carbonyl (C=O) groups is 1. The number of para-hydroxylation sites is 2. The third-order valence-corrected chi connectivity index (χ3v) is 6.22. The second kappa shape index (κ2) is 10.0. The normalized spacial score (nSPS) is 11.1. The molecule has 0 saturated heterocycles. The van der Waals surface area contributed by atoms with Gasteiger partial charge >= 0.3 is 5.63 Å². The molecule has 162 valence electrons. The Morgan fingerprint density at radius 1 is 1.03 bits per heavy atom. The molecule has 1 amide bonds. The molecular formula is C23H24ClN3O3S. The lowest BCUT2D eigenvalue weighted by Crippen LogP contribution is -2.40. The molecule has 0 saturated carbocycles. The molecule has 4 rings (SSSR count). The van der Waals surface area contributed by atoms with E-state index in [-0.39, 0.29) is 23.9 Å². The van der Waals surface area contributed by atoms with E-state index in [0.717, 1.165) is 23.3 Å². The number of aromatic nitrogens is 1. The molecule has 0 radical (unpaired) electrons. The third kappa shape index (κ3) is 4.79. The summed E-state index contributed by atoms with van der Waals surface area (Å²) >= 11 is 1.45. The van der Waals surface area contributed by atoms with Gasteiger partial charge in [-0.3, -0.25) is 9.69 Å². The minimum Gasteiger partial charge on any atom is -0.422 e. The van der Waals surface area contributed by atoms with Crippen LogP contribution in [0.3, 0.4) is 0 Å². The maximum Gasteiger partial charge on any atom is 0.349 e. The molecule has 0 spiro atoms. The number of anilines is 1. The summed E-state index contributed by atoms with van der Waals surface area (Å²) in [6, 6.07) is 16.6. The Morgan fingerprint density at radius 3 is 2.48 bits per heavy atom. The van der Waals surface area contributed by atoms with E-state index in [0.29, 0.717) is 29.2 Å². The molecule has 6 nitrogen and oxygen atoms in total. The average molecular weight is 458 g/mol. The van der Waals surface area contributed by atoms with Gasteiger partial charge in [-0.1, -0.05) is 55.5 Å². The molecule has 0 aliphatic rings. The van der Waals surface area contributed by atoms with E-state index in [1.165, 1.54) is 11.3 Å².